The number of carbonyl (C=O) groups is 1. The van der Waals surface area contributed by atoms with Gasteiger partial charge in [-0.25, -0.2) is 19.7 Å². The Labute approximate surface area is 204 Å². The molecule has 3 aromatic heterocycles. The molecule has 1 N–H and O–H groups in total. The number of benzene rings is 1. The molecule has 4 aromatic rings. The van der Waals surface area contributed by atoms with E-state index in [9.17, 15) is 13.6 Å². The molecule has 0 unspecified atom stereocenters. The summed E-state index contributed by atoms with van der Waals surface area (Å²) in [4.78, 5) is 32.4. The predicted octanol–water partition coefficient (Wildman–Crippen LogP) is 3.49. The minimum absolute atomic E-state index is 0.129. The van der Waals surface area contributed by atoms with Crippen molar-refractivity contribution in [1.29, 1.82) is 0 Å². The van der Waals surface area contributed by atoms with E-state index in [1.807, 2.05) is 22.4 Å². The molecular formula is C24H23F2N7O3. The molecule has 1 saturated heterocycles. The van der Waals surface area contributed by atoms with Crippen molar-refractivity contribution < 1.29 is 23.4 Å². The maximum Gasteiger partial charge on any atom is 0.407 e. The number of piperazine rings is 1. The van der Waals surface area contributed by atoms with Crippen LogP contribution in [0, 0.1) is 6.92 Å². The number of carboxylic acid groups (broad SMARTS) is 1. The standard InChI is InChI=1S/C24H23F2N7O3/c1-15-19(10-16-4-2-3-5-20(16)36-22(25)26)33-14-18(27-13-21(33)30-15)17-11-28-23(29-12-17)31-6-8-32(9-7-31)24(34)35/h2-5,11-14,22H,6-10H2,1H3,(H,34,35). The van der Waals surface area contributed by atoms with Gasteiger partial charge in [0.05, 0.1) is 23.3 Å². The van der Waals surface area contributed by atoms with Crippen molar-refractivity contribution in [2.75, 3.05) is 31.1 Å². The molecule has 4 heterocycles. The van der Waals surface area contributed by atoms with Gasteiger partial charge in [0.25, 0.3) is 0 Å². The average Bonchev–Trinajstić information content (AvgIpc) is 3.19. The Kier molecular flexibility index (Phi) is 6.32. The second kappa shape index (κ2) is 9.72. The third-order valence-corrected chi connectivity index (χ3v) is 6.12. The highest BCUT2D eigenvalue weighted by atomic mass is 19.3. The predicted molar refractivity (Wildman–Crippen MR) is 126 cm³/mol. The number of para-hydroxylation sites is 1. The van der Waals surface area contributed by atoms with Crippen LogP contribution in [0.4, 0.5) is 19.5 Å². The van der Waals surface area contributed by atoms with E-state index in [0.29, 0.717) is 61.0 Å². The van der Waals surface area contributed by atoms with Gasteiger partial charge >= 0.3 is 12.7 Å². The van der Waals surface area contributed by atoms with Gasteiger partial charge in [-0.2, -0.15) is 8.78 Å². The number of aryl methyl sites for hydroxylation is 1. The fourth-order valence-electron chi connectivity index (χ4n) is 4.24. The van der Waals surface area contributed by atoms with Gasteiger partial charge in [0, 0.05) is 62.3 Å². The number of hydrogen-bond donors (Lipinski definition) is 1. The summed E-state index contributed by atoms with van der Waals surface area (Å²) in [6.07, 6.45) is 6.24. The lowest BCUT2D eigenvalue weighted by Gasteiger charge is -2.32. The number of imidazole rings is 1. The van der Waals surface area contributed by atoms with E-state index in [4.69, 9.17) is 9.84 Å². The van der Waals surface area contributed by atoms with Crippen LogP contribution in [-0.4, -0.2) is 73.2 Å². The SMILES string of the molecule is Cc1nc2cnc(-c3cnc(N4CCN(C(=O)O)CC4)nc3)cn2c1Cc1ccccc1OC(F)F. The summed E-state index contributed by atoms with van der Waals surface area (Å²) in [5.74, 6) is 0.656. The summed E-state index contributed by atoms with van der Waals surface area (Å²) in [6.45, 7) is 0.781. The molecule has 0 bridgehead atoms. The average molecular weight is 495 g/mol. The van der Waals surface area contributed by atoms with Crippen molar-refractivity contribution in [3.8, 4) is 17.0 Å². The van der Waals surface area contributed by atoms with Crippen molar-refractivity contribution in [2.45, 2.75) is 20.0 Å². The van der Waals surface area contributed by atoms with E-state index in [1.54, 1.807) is 36.8 Å². The number of nitrogens with zero attached hydrogens (tertiary/aromatic N) is 7. The van der Waals surface area contributed by atoms with Crippen LogP contribution in [0.5, 0.6) is 5.75 Å². The van der Waals surface area contributed by atoms with Gasteiger partial charge in [-0.05, 0) is 13.0 Å². The second-order valence-electron chi connectivity index (χ2n) is 8.34. The lowest BCUT2D eigenvalue weighted by atomic mass is 10.1. The summed E-state index contributed by atoms with van der Waals surface area (Å²) in [5, 5.41) is 9.11. The van der Waals surface area contributed by atoms with E-state index < -0.39 is 12.7 Å². The molecule has 1 aromatic carbocycles. The highest BCUT2D eigenvalue weighted by Crippen LogP contribution is 2.26. The van der Waals surface area contributed by atoms with Gasteiger partial charge in [0.1, 0.15) is 5.75 Å². The van der Waals surface area contributed by atoms with E-state index in [0.717, 1.165) is 11.4 Å². The molecular weight excluding hydrogens is 472 g/mol. The maximum atomic E-state index is 12.9. The monoisotopic (exact) mass is 495 g/mol. The summed E-state index contributed by atoms with van der Waals surface area (Å²) >= 11 is 0. The van der Waals surface area contributed by atoms with Crippen molar-refractivity contribution >= 4 is 17.7 Å². The molecule has 1 fully saturated rings. The number of rotatable bonds is 6. The molecule has 0 aliphatic carbocycles. The fourth-order valence-corrected chi connectivity index (χ4v) is 4.24. The quantitative estimate of drug-likeness (QED) is 0.433. The van der Waals surface area contributed by atoms with E-state index >= 15 is 0 Å². The van der Waals surface area contributed by atoms with E-state index in [-0.39, 0.29) is 5.75 Å². The number of hydrogen-bond acceptors (Lipinski definition) is 7. The smallest absolute Gasteiger partial charge is 0.407 e. The second-order valence-corrected chi connectivity index (χ2v) is 8.34. The zero-order valence-electron chi connectivity index (χ0n) is 19.4. The van der Waals surface area contributed by atoms with Crippen LogP contribution in [0.3, 0.4) is 0 Å². The minimum atomic E-state index is -2.91. The summed E-state index contributed by atoms with van der Waals surface area (Å²) in [5.41, 5.74) is 4.16. The number of aromatic nitrogens is 5. The van der Waals surface area contributed by atoms with Gasteiger partial charge in [-0.1, -0.05) is 18.2 Å². The minimum Gasteiger partial charge on any atom is -0.465 e. The number of ether oxygens (including phenoxy) is 1. The highest BCUT2D eigenvalue weighted by Gasteiger charge is 2.22. The largest absolute Gasteiger partial charge is 0.465 e. The number of fused-ring (bicyclic) bond motifs is 1. The molecule has 12 heteroatoms. The highest BCUT2D eigenvalue weighted by molar-refractivity contribution is 5.65. The van der Waals surface area contributed by atoms with Gasteiger partial charge in [-0.15, -0.1) is 0 Å². The van der Waals surface area contributed by atoms with Crippen LogP contribution in [0.1, 0.15) is 17.0 Å². The first-order valence-corrected chi connectivity index (χ1v) is 11.3. The molecule has 186 valence electrons. The Balaban J connectivity index is 1.40. The van der Waals surface area contributed by atoms with Crippen LogP contribution < -0.4 is 9.64 Å². The Morgan fingerprint density at radius 1 is 1.08 bits per heavy atom. The normalized spacial score (nSPS) is 14.0. The third kappa shape index (κ3) is 4.74. The molecule has 0 atom stereocenters. The Bertz CT molecular complexity index is 1390. The van der Waals surface area contributed by atoms with E-state index in [2.05, 4.69) is 19.9 Å². The lowest BCUT2D eigenvalue weighted by molar-refractivity contribution is -0.0504. The van der Waals surface area contributed by atoms with Crippen LogP contribution >= 0.6 is 0 Å². The number of anilines is 1. The number of alkyl halides is 2. The van der Waals surface area contributed by atoms with E-state index in [1.165, 1.54) is 11.0 Å². The van der Waals surface area contributed by atoms with Crippen LogP contribution in [0.25, 0.3) is 16.9 Å². The number of amides is 1. The van der Waals surface area contributed by atoms with Crippen LogP contribution in [0.2, 0.25) is 0 Å². The van der Waals surface area contributed by atoms with Crippen LogP contribution in [0.15, 0.2) is 49.1 Å². The summed E-state index contributed by atoms with van der Waals surface area (Å²) in [6, 6.07) is 6.70. The molecule has 1 aliphatic heterocycles. The zero-order chi connectivity index (χ0) is 25.2. The molecule has 0 saturated carbocycles. The molecule has 1 amide bonds. The van der Waals surface area contributed by atoms with Gasteiger partial charge in [0.15, 0.2) is 5.65 Å². The maximum absolute atomic E-state index is 12.9. The number of halogens is 2. The first-order valence-electron chi connectivity index (χ1n) is 11.3. The first-order chi connectivity index (χ1) is 17.4. The topological polar surface area (TPSA) is 109 Å². The Morgan fingerprint density at radius 3 is 2.50 bits per heavy atom. The third-order valence-electron chi connectivity index (χ3n) is 6.12. The molecule has 0 radical (unpaired) electrons. The molecule has 36 heavy (non-hydrogen) atoms. The van der Waals surface area contributed by atoms with Gasteiger partial charge < -0.3 is 19.6 Å². The van der Waals surface area contributed by atoms with Gasteiger partial charge in [0.2, 0.25) is 5.95 Å². The van der Waals surface area contributed by atoms with Crippen molar-refractivity contribution in [3.05, 3.63) is 66.0 Å². The molecule has 10 nitrogen and oxygen atoms in total. The van der Waals surface area contributed by atoms with Crippen LogP contribution in [-0.2, 0) is 6.42 Å². The first kappa shape index (κ1) is 23.4. The zero-order valence-corrected chi connectivity index (χ0v) is 19.4. The van der Waals surface area contributed by atoms with Crippen molar-refractivity contribution in [3.63, 3.8) is 0 Å². The summed E-state index contributed by atoms with van der Waals surface area (Å²) in [7, 11) is 0. The summed E-state index contributed by atoms with van der Waals surface area (Å²) < 4.78 is 32.3. The molecule has 5 rings (SSSR count). The Hall–Kier alpha value is -4.35. The Morgan fingerprint density at radius 2 is 1.81 bits per heavy atom. The molecule has 0 spiro atoms. The fraction of sp³-hybridized carbons (Fsp3) is 0.292. The lowest BCUT2D eigenvalue weighted by Crippen LogP contribution is -2.48. The van der Waals surface area contributed by atoms with Crippen molar-refractivity contribution in [1.82, 2.24) is 29.2 Å². The van der Waals surface area contributed by atoms with Crippen molar-refractivity contribution in [2.24, 2.45) is 0 Å². The molecule has 1 aliphatic rings. The van der Waals surface area contributed by atoms with Gasteiger partial charge in [-0.3, -0.25) is 9.38 Å².